The highest BCUT2D eigenvalue weighted by Crippen LogP contribution is 2.49. The lowest BCUT2D eigenvalue weighted by Crippen LogP contribution is -2.10. The van der Waals surface area contributed by atoms with Crippen molar-refractivity contribution in [1.82, 2.24) is 13.8 Å². The molecule has 0 saturated heterocycles. The van der Waals surface area contributed by atoms with E-state index in [0.717, 1.165) is 39.3 Å². The van der Waals surface area contributed by atoms with E-state index in [1.54, 1.807) is 0 Å². The van der Waals surface area contributed by atoms with Gasteiger partial charge in [0.1, 0.15) is 5.65 Å². The van der Waals surface area contributed by atoms with E-state index in [-0.39, 0.29) is 0 Å². The normalized spacial score (nSPS) is 12.5. The second-order valence-electron chi connectivity index (χ2n) is 14.3. The van der Waals surface area contributed by atoms with Crippen LogP contribution in [-0.2, 0) is 0 Å². The first-order valence-corrected chi connectivity index (χ1v) is 18.2. The Morgan fingerprint density at radius 1 is 0.377 bits per heavy atom. The smallest absolute Gasteiger partial charge is 0.146 e. The highest BCUT2D eigenvalue weighted by atomic mass is 15.2. The Morgan fingerprint density at radius 2 is 0.943 bits per heavy atom. The zero-order valence-corrected chi connectivity index (χ0v) is 28.5. The van der Waals surface area contributed by atoms with Gasteiger partial charge in [-0.15, -0.1) is 0 Å². The number of nitrogens with zero attached hydrogens (tertiary/aromatic N) is 4. The molecule has 0 saturated carbocycles. The largest absolute Gasteiger partial charge is 0.308 e. The highest BCUT2D eigenvalue weighted by molar-refractivity contribution is 6.35. The van der Waals surface area contributed by atoms with Crippen LogP contribution in [0.4, 0.5) is 17.1 Å². The summed E-state index contributed by atoms with van der Waals surface area (Å²) < 4.78 is 4.95. The van der Waals surface area contributed by atoms with Gasteiger partial charge in [0.05, 0.1) is 38.8 Å². The summed E-state index contributed by atoms with van der Waals surface area (Å²) in [6.07, 6.45) is 0. The maximum absolute atomic E-state index is 5.83. The van der Waals surface area contributed by atoms with Crippen molar-refractivity contribution in [3.05, 3.63) is 170 Å². The number of hydrogen-bond acceptors (Lipinski definition) is 2. The number of pyridine rings is 1. The van der Waals surface area contributed by atoms with Gasteiger partial charge in [-0.2, -0.15) is 0 Å². The molecule has 0 aliphatic rings. The molecule has 13 rings (SSSR count). The molecular formula is C49H28N4. The van der Waals surface area contributed by atoms with E-state index < -0.39 is 0 Å². The molecule has 0 N–H and O–H groups in total. The topological polar surface area (TPSA) is 25.0 Å². The minimum atomic E-state index is 0.985. The van der Waals surface area contributed by atoms with Gasteiger partial charge in [-0.1, -0.05) is 115 Å². The summed E-state index contributed by atoms with van der Waals surface area (Å²) >= 11 is 0. The number of hydrogen-bond donors (Lipinski definition) is 0. The van der Waals surface area contributed by atoms with Crippen molar-refractivity contribution in [2.24, 2.45) is 0 Å². The second kappa shape index (κ2) is 9.78. The molecule has 4 heteroatoms. The minimum absolute atomic E-state index is 0.985. The van der Waals surface area contributed by atoms with Crippen LogP contribution in [0.15, 0.2) is 170 Å². The second-order valence-corrected chi connectivity index (χ2v) is 14.3. The zero-order chi connectivity index (χ0) is 34.4. The van der Waals surface area contributed by atoms with E-state index in [1.807, 2.05) is 0 Å². The first-order valence-electron chi connectivity index (χ1n) is 18.2. The van der Waals surface area contributed by atoms with Crippen molar-refractivity contribution in [2.75, 3.05) is 4.90 Å². The van der Waals surface area contributed by atoms with Crippen LogP contribution in [0.2, 0.25) is 0 Å². The molecular weight excluding hydrogens is 645 g/mol. The van der Waals surface area contributed by atoms with Crippen LogP contribution in [0.3, 0.4) is 0 Å². The first kappa shape index (κ1) is 27.5. The Hall–Kier alpha value is -7.17. The fourth-order valence-electron chi connectivity index (χ4n) is 9.60. The maximum Gasteiger partial charge on any atom is 0.146 e. The molecule has 5 aromatic heterocycles. The van der Waals surface area contributed by atoms with Crippen LogP contribution in [0, 0.1) is 0 Å². The van der Waals surface area contributed by atoms with Gasteiger partial charge in [0.25, 0.3) is 0 Å². The van der Waals surface area contributed by atoms with Gasteiger partial charge in [0.15, 0.2) is 0 Å². The summed E-state index contributed by atoms with van der Waals surface area (Å²) in [5.41, 5.74) is 11.4. The van der Waals surface area contributed by atoms with Gasteiger partial charge in [0.2, 0.25) is 0 Å². The molecule has 4 nitrogen and oxygen atoms in total. The van der Waals surface area contributed by atoms with E-state index in [1.165, 1.54) is 75.8 Å². The monoisotopic (exact) mass is 672 g/mol. The highest BCUT2D eigenvalue weighted by Gasteiger charge is 2.27. The number of fused-ring (bicyclic) bond motifs is 16. The van der Waals surface area contributed by atoms with Gasteiger partial charge in [-0.3, -0.25) is 4.40 Å². The van der Waals surface area contributed by atoms with Crippen LogP contribution >= 0.6 is 0 Å². The molecule has 0 unspecified atom stereocenters. The first-order chi connectivity index (χ1) is 26.3. The Bertz CT molecular complexity index is 3580. The van der Waals surface area contributed by atoms with Crippen LogP contribution in [0.25, 0.3) is 98.0 Å². The Labute approximate surface area is 302 Å². The summed E-state index contributed by atoms with van der Waals surface area (Å²) in [5.74, 6) is 0. The molecule has 0 aliphatic carbocycles. The minimum Gasteiger partial charge on any atom is -0.308 e. The lowest BCUT2D eigenvalue weighted by atomic mass is 10.00. The SMILES string of the molecule is c1ccc(N(c2ccccc2)c2cccc3c4c5ccccc5cc5c6cc7c(nc6n(c23)c54)c2c3ccccc3cc3c4ccccc4n7c32)cc1. The van der Waals surface area contributed by atoms with Crippen LogP contribution in [0.5, 0.6) is 0 Å². The molecule has 0 aliphatic heterocycles. The number of benzene rings is 8. The third kappa shape index (κ3) is 3.39. The standard InChI is InChI=1S/C49H28N4/c1-3-16-31(17-4-1)51(32-18-5-2-6-19-32)41-25-13-23-36-43-33-20-9-7-14-29(33)27-38-39-28-42-45(50-49(39)53(46(36)41)47(38)43)44-34-21-10-8-15-30(34)26-37-35-22-11-12-24-40(35)52(42)48(37)44/h1-28H. The molecule has 0 bridgehead atoms. The molecule has 0 amide bonds. The Balaban J connectivity index is 1.29. The summed E-state index contributed by atoms with van der Waals surface area (Å²) in [6.45, 7) is 0. The van der Waals surface area contributed by atoms with Crippen molar-refractivity contribution in [3.63, 3.8) is 0 Å². The molecule has 0 spiro atoms. The van der Waals surface area contributed by atoms with Crippen LogP contribution in [-0.4, -0.2) is 13.8 Å². The van der Waals surface area contributed by atoms with Crippen LogP contribution < -0.4 is 4.90 Å². The van der Waals surface area contributed by atoms with Gasteiger partial charge in [-0.25, -0.2) is 4.98 Å². The summed E-state index contributed by atoms with van der Waals surface area (Å²) in [6, 6.07) is 61.9. The third-order valence-corrected chi connectivity index (χ3v) is 11.7. The van der Waals surface area contributed by atoms with E-state index in [0.29, 0.717) is 0 Å². The van der Waals surface area contributed by atoms with E-state index in [9.17, 15) is 0 Å². The number of anilines is 3. The predicted octanol–water partition coefficient (Wildman–Crippen LogP) is 13.2. The molecule has 0 radical (unpaired) electrons. The molecule has 0 atom stereocenters. The maximum atomic E-state index is 5.83. The lowest BCUT2D eigenvalue weighted by Gasteiger charge is -2.26. The lowest BCUT2D eigenvalue weighted by molar-refractivity contribution is 1.25. The average Bonchev–Trinajstić information content (AvgIpc) is 3.94. The quantitative estimate of drug-likeness (QED) is 0.187. The van der Waals surface area contributed by atoms with Crippen molar-refractivity contribution >= 4 is 115 Å². The molecule has 53 heavy (non-hydrogen) atoms. The number of aromatic nitrogens is 3. The van der Waals surface area contributed by atoms with Gasteiger partial charge < -0.3 is 9.30 Å². The van der Waals surface area contributed by atoms with E-state index >= 15 is 0 Å². The Kier molecular flexibility index (Phi) is 5.08. The summed E-state index contributed by atoms with van der Waals surface area (Å²) in [7, 11) is 0. The number of para-hydroxylation sites is 4. The average molecular weight is 673 g/mol. The third-order valence-electron chi connectivity index (χ3n) is 11.7. The zero-order valence-electron chi connectivity index (χ0n) is 28.5. The molecule has 8 aromatic carbocycles. The number of rotatable bonds is 3. The Morgan fingerprint density at radius 3 is 1.66 bits per heavy atom. The summed E-state index contributed by atoms with van der Waals surface area (Å²) in [5, 5.41) is 13.6. The van der Waals surface area contributed by atoms with E-state index in [2.05, 4.69) is 184 Å². The molecule has 13 aromatic rings. The fourth-order valence-corrected chi connectivity index (χ4v) is 9.60. The molecule has 5 heterocycles. The van der Waals surface area contributed by atoms with Gasteiger partial charge in [-0.05, 0) is 76.1 Å². The molecule has 0 fully saturated rings. The van der Waals surface area contributed by atoms with Crippen molar-refractivity contribution < 1.29 is 0 Å². The van der Waals surface area contributed by atoms with Crippen molar-refractivity contribution in [2.45, 2.75) is 0 Å². The predicted molar refractivity (Wildman–Crippen MR) is 223 cm³/mol. The van der Waals surface area contributed by atoms with Crippen molar-refractivity contribution in [1.29, 1.82) is 0 Å². The van der Waals surface area contributed by atoms with Crippen LogP contribution in [0.1, 0.15) is 0 Å². The van der Waals surface area contributed by atoms with Gasteiger partial charge >= 0.3 is 0 Å². The fraction of sp³-hybridized carbons (Fsp3) is 0. The molecule has 244 valence electrons. The van der Waals surface area contributed by atoms with Crippen molar-refractivity contribution in [3.8, 4) is 0 Å². The van der Waals surface area contributed by atoms with E-state index in [4.69, 9.17) is 4.98 Å². The van der Waals surface area contributed by atoms with Gasteiger partial charge in [0, 0.05) is 49.1 Å². The summed E-state index contributed by atoms with van der Waals surface area (Å²) in [4.78, 5) is 8.22.